The van der Waals surface area contributed by atoms with Crippen LogP contribution in [-0.2, 0) is 11.3 Å². The first-order valence-corrected chi connectivity index (χ1v) is 6.29. The predicted octanol–water partition coefficient (Wildman–Crippen LogP) is 3.30. The number of esters is 1. The molecule has 0 unspecified atom stereocenters. The minimum atomic E-state index is -0.899. The smallest absolute Gasteiger partial charge is 0.355 e. The van der Waals surface area contributed by atoms with Crippen LogP contribution >= 0.6 is 0 Å². The zero-order chi connectivity index (χ0) is 14.7. The van der Waals surface area contributed by atoms with Crippen molar-refractivity contribution in [3.05, 3.63) is 58.9 Å². The number of nitrogens with zero attached hydrogens (tertiary/aromatic N) is 1. The van der Waals surface area contributed by atoms with E-state index in [0.717, 1.165) is 17.7 Å². The van der Waals surface area contributed by atoms with Crippen LogP contribution in [0.1, 0.15) is 28.5 Å². The van der Waals surface area contributed by atoms with Gasteiger partial charge in [0.1, 0.15) is 5.69 Å². The van der Waals surface area contributed by atoms with Crippen molar-refractivity contribution in [1.29, 1.82) is 0 Å². The van der Waals surface area contributed by atoms with Gasteiger partial charge in [0, 0.05) is 12.7 Å². The highest BCUT2D eigenvalue weighted by Gasteiger charge is 2.16. The van der Waals surface area contributed by atoms with Gasteiger partial charge < -0.3 is 9.30 Å². The van der Waals surface area contributed by atoms with Gasteiger partial charge in [0.2, 0.25) is 0 Å². The zero-order valence-electron chi connectivity index (χ0n) is 11.3. The first-order chi connectivity index (χ1) is 9.52. The second-order valence-corrected chi connectivity index (χ2v) is 4.44. The van der Waals surface area contributed by atoms with E-state index >= 15 is 0 Å². The van der Waals surface area contributed by atoms with Gasteiger partial charge in [0.15, 0.2) is 11.6 Å². The van der Waals surface area contributed by atoms with E-state index in [1.54, 1.807) is 30.7 Å². The molecule has 0 amide bonds. The third-order valence-electron chi connectivity index (χ3n) is 2.97. The zero-order valence-corrected chi connectivity index (χ0v) is 11.3. The average Bonchev–Trinajstić information content (AvgIpc) is 2.75. The highest BCUT2D eigenvalue weighted by Crippen LogP contribution is 2.16. The molecule has 0 aliphatic carbocycles. The summed E-state index contributed by atoms with van der Waals surface area (Å²) in [5.74, 6) is -2.20. The number of carbonyl (C=O) groups is 1. The molecule has 2 aromatic rings. The fourth-order valence-electron chi connectivity index (χ4n) is 2.03. The number of hydrogen-bond acceptors (Lipinski definition) is 2. The lowest BCUT2D eigenvalue weighted by Gasteiger charge is -2.10. The lowest BCUT2D eigenvalue weighted by Crippen LogP contribution is -2.13. The number of halogens is 2. The van der Waals surface area contributed by atoms with E-state index in [1.165, 1.54) is 6.07 Å². The average molecular weight is 279 g/mol. The second kappa shape index (κ2) is 5.86. The predicted molar refractivity (Wildman–Crippen MR) is 70.6 cm³/mol. The van der Waals surface area contributed by atoms with Crippen molar-refractivity contribution >= 4 is 5.97 Å². The van der Waals surface area contributed by atoms with Crippen LogP contribution < -0.4 is 0 Å². The van der Waals surface area contributed by atoms with Crippen LogP contribution in [0.4, 0.5) is 8.78 Å². The van der Waals surface area contributed by atoms with Crippen LogP contribution in [-0.4, -0.2) is 17.1 Å². The van der Waals surface area contributed by atoms with E-state index in [0.29, 0.717) is 11.3 Å². The fourth-order valence-corrected chi connectivity index (χ4v) is 2.03. The van der Waals surface area contributed by atoms with Gasteiger partial charge in [-0.25, -0.2) is 13.6 Å². The summed E-state index contributed by atoms with van der Waals surface area (Å²) >= 11 is 0. The molecule has 1 aromatic heterocycles. The van der Waals surface area contributed by atoms with Gasteiger partial charge in [-0.1, -0.05) is 6.07 Å². The fraction of sp³-hybridized carbons (Fsp3) is 0.267. The molecule has 2 rings (SSSR count). The number of aromatic nitrogens is 1. The van der Waals surface area contributed by atoms with Crippen molar-refractivity contribution in [2.45, 2.75) is 20.4 Å². The van der Waals surface area contributed by atoms with Crippen LogP contribution in [0.5, 0.6) is 0 Å². The monoisotopic (exact) mass is 279 g/mol. The second-order valence-electron chi connectivity index (χ2n) is 4.44. The van der Waals surface area contributed by atoms with E-state index in [-0.39, 0.29) is 13.2 Å². The normalized spacial score (nSPS) is 10.6. The molecule has 1 aromatic carbocycles. The van der Waals surface area contributed by atoms with Crippen LogP contribution in [0.2, 0.25) is 0 Å². The minimum absolute atomic E-state index is 0.277. The first-order valence-electron chi connectivity index (χ1n) is 6.29. The molecule has 3 nitrogen and oxygen atoms in total. The summed E-state index contributed by atoms with van der Waals surface area (Å²) in [7, 11) is 0. The molecule has 0 aliphatic rings. The molecule has 0 spiro atoms. The highest BCUT2D eigenvalue weighted by molar-refractivity contribution is 5.89. The van der Waals surface area contributed by atoms with Crippen LogP contribution in [0.25, 0.3) is 0 Å². The van der Waals surface area contributed by atoms with Gasteiger partial charge in [-0.05, 0) is 43.2 Å². The summed E-state index contributed by atoms with van der Waals surface area (Å²) in [6.07, 6.45) is 1.73. The Morgan fingerprint density at radius 2 is 2.00 bits per heavy atom. The van der Waals surface area contributed by atoms with Gasteiger partial charge in [0.25, 0.3) is 0 Å². The quantitative estimate of drug-likeness (QED) is 0.804. The maximum atomic E-state index is 13.2. The van der Waals surface area contributed by atoms with E-state index in [2.05, 4.69) is 0 Å². The van der Waals surface area contributed by atoms with Crippen molar-refractivity contribution in [1.82, 2.24) is 4.57 Å². The lowest BCUT2D eigenvalue weighted by atomic mass is 10.2. The molecule has 0 aliphatic heterocycles. The van der Waals surface area contributed by atoms with Crippen LogP contribution in [0, 0.1) is 18.6 Å². The molecule has 0 saturated heterocycles. The van der Waals surface area contributed by atoms with Gasteiger partial charge in [-0.3, -0.25) is 0 Å². The number of benzene rings is 1. The van der Waals surface area contributed by atoms with E-state index in [1.807, 2.05) is 0 Å². The maximum Gasteiger partial charge on any atom is 0.355 e. The lowest BCUT2D eigenvalue weighted by molar-refractivity contribution is 0.0513. The van der Waals surface area contributed by atoms with E-state index in [9.17, 15) is 13.6 Å². The van der Waals surface area contributed by atoms with Gasteiger partial charge >= 0.3 is 5.97 Å². The number of carbonyl (C=O) groups excluding carboxylic acids is 1. The number of ether oxygens (including phenoxy) is 1. The highest BCUT2D eigenvalue weighted by atomic mass is 19.2. The van der Waals surface area contributed by atoms with E-state index in [4.69, 9.17) is 4.74 Å². The largest absolute Gasteiger partial charge is 0.461 e. The van der Waals surface area contributed by atoms with Crippen molar-refractivity contribution in [2.75, 3.05) is 6.61 Å². The maximum absolute atomic E-state index is 13.2. The number of hydrogen-bond donors (Lipinski definition) is 0. The van der Waals surface area contributed by atoms with Crippen molar-refractivity contribution in [2.24, 2.45) is 0 Å². The van der Waals surface area contributed by atoms with Gasteiger partial charge in [-0.2, -0.15) is 0 Å². The van der Waals surface area contributed by atoms with Gasteiger partial charge in [0.05, 0.1) is 6.61 Å². The summed E-state index contributed by atoms with van der Waals surface area (Å²) in [4.78, 5) is 11.9. The minimum Gasteiger partial charge on any atom is -0.461 e. The molecule has 0 atom stereocenters. The Kier molecular flexibility index (Phi) is 4.17. The Morgan fingerprint density at radius 3 is 2.65 bits per heavy atom. The topological polar surface area (TPSA) is 31.2 Å². The summed E-state index contributed by atoms with van der Waals surface area (Å²) in [6, 6.07) is 5.47. The Balaban J connectivity index is 2.29. The molecule has 20 heavy (non-hydrogen) atoms. The molecule has 0 bridgehead atoms. The third kappa shape index (κ3) is 2.87. The van der Waals surface area contributed by atoms with Crippen molar-refractivity contribution in [3.8, 4) is 0 Å². The molecule has 0 fully saturated rings. The summed E-state index contributed by atoms with van der Waals surface area (Å²) in [5, 5.41) is 0. The third-order valence-corrected chi connectivity index (χ3v) is 2.97. The molecule has 1 heterocycles. The number of aryl methyl sites for hydroxylation is 1. The summed E-state index contributed by atoms with van der Waals surface area (Å²) in [6.45, 7) is 4.09. The van der Waals surface area contributed by atoms with E-state index < -0.39 is 17.6 Å². The Morgan fingerprint density at radius 1 is 1.25 bits per heavy atom. The van der Waals surface area contributed by atoms with Gasteiger partial charge in [-0.15, -0.1) is 0 Å². The molecule has 0 radical (unpaired) electrons. The van der Waals surface area contributed by atoms with Crippen LogP contribution in [0.3, 0.4) is 0 Å². The molecular weight excluding hydrogens is 264 g/mol. The molecule has 106 valence electrons. The Bertz CT molecular complexity index is 635. The Labute approximate surface area is 115 Å². The molecule has 0 N–H and O–H groups in total. The standard InChI is InChI=1S/C15H15F2NO2/c1-3-20-15(19)14-10(2)6-7-18(14)9-11-4-5-12(16)13(17)8-11/h4-8H,3,9H2,1-2H3. The van der Waals surface area contributed by atoms with Crippen molar-refractivity contribution in [3.63, 3.8) is 0 Å². The van der Waals surface area contributed by atoms with Crippen LogP contribution in [0.15, 0.2) is 30.5 Å². The summed E-state index contributed by atoms with van der Waals surface area (Å²) < 4.78 is 32.7. The molecule has 5 heteroatoms. The Hall–Kier alpha value is -2.17. The molecule has 0 saturated carbocycles. The first kappa shape index (κ1) is 14.2. The number of rotatable bonds is 4. The van der Waals surface area contributed by atoms with Crippen molar-refractivity contribution < 1.29 is 18.3 Å². The molecular formula is C15H15F2NO2. The SMILES string of the molecule is CCOC(=O)c1c(C)ccn1Cc1ccc(F)c(F)c1. The summed E-state index contributed by atoms with van der Waals surface area (Å²) in [5.41, 5.74) is 1.78.